The van der Waals surface area contributed by atoms with E-state index in [1.165, 1.54) is 32.1 Å². The molecule has 0 unspecified atom stereocenters. The van der Waals surface area contributed by atoms with Crippen molar-refractivity contribution in [1.82, 2.24) is 4.90 Å². The average Bonchev–Trinajstić information content (AvgIpc) is 2.84. The topological polar surface area (TPSA) is 45.0 Å². The van der Waals surface area contributed by atoms with Crippen molar-refractivity contribution in [2.45, 2.75) is 51.5 Å². The maximum absolute atomic E-state index is 12.5. The number of carbonyl (C=O) groups is 1. The summed E-state index contributed by atoms with van der Waals surface area (Å²) >= 11 is 0. The summed E-state index contributed by atoms with van der Waals surface area (Å²) in [7, 11) is 0. The van der Waals surface area contributed by atoms with Gasteiger partial charge in [-0.15, -0.1) is 0 Å². The van der Waals surface area contributed by atoms with E-state index in [0.29, 0.717) is 18.2 Å². The van der Waals surface area contributed by atoms with E-state index < -0.39 is 0 Å². The van der Waals surface area contributed by atoms with Crippen LogP contribution in [0.3, 0.4) is 0 Å². The molecule has 0 spiro atoms. The predicted molar refractivity (Wildman–Crippen MR) is 105 cm³/mol. The van der Waals surface area contributed by atoms with Crippen molar-refractivity contribution in [3.8, 4) is 0 Å². The van der Waals surface area contributed by atoms with E-state index >= 15 is 0 Å². The van der Waals surface area contributed by atoms with Crippen LogP contribution in [0.15, 0.2) is 58.7 Å². The molecule has 1 aromatic carbocycles. The summed E-state index contributed by atoms with van der Waals surface area (Å²) in [4.78, 5) is 23.8. The molecule has 0 atom stereocenters. The summed E-state index contributed by atoms with van der Waals surface area (Å²) in [5, 5.41) is 0. The zero-order valence-corrected chi connectivity index (χ0v) is 15.1. The lowest BCUT2D eigenvalue weighted by atomic mass is 9.86. The lowest BCUT2D eigenvalue weighted by Crippen LogP contribution is -2.24. The van der Waals surface area contributed by atoms with Crippen LogP contribution in [0.2, 0.25) is 0 Å². The van der Waals surface area contributed by atoms with Gasteiger partial charge in [-0.1, -0.05) is 62.4 Å². The van der Waals surface area contributed by atoms with Crippen molar-refractivity contribution >= 4 is 17.6 Å². The Balaban J connectivity index is 1.56. The van der Waals surface area contributed by atoms with Crippen molar-refractivity contribution in [2.24, 2.45) is 15.9 Å². The molecule has 1 saturated carbocycles. The summed E-state index contributed by atoms with van der Waals surface area (Å²) in [6.45, 7) is 0.741. The molecule has 0 radical (unpaired) electrons. The van der Waals surface area contributed by atoms with Gasteiger partial charge >= 0.3 is 0 Å². The second kappa shape index (κ2) is 7.81. The fraction of sp³-hybridized carbons (Fsp3) is 0.409. The summed E-state index contributed by atoms with van der Waals surface area (Å²) < 4.78 is 0. The van der Waals surface area contributed by atoms with Gasteiger partial charge in [0.25, 0.3) is 0 Å². The van der Waals surface area contributed by atoms with E-state index in [2.05, 4.69) is 16.0 Å². The Kier molecular flexibility index (Phi) is 5.09. The van der Waals surface area contributed by atoms with E-state index in [0.717, 1.165) is 29.9 Å². The number of amides is 1. The van der Waals surface area contributed by atoms with E-state index in [9.17, 15) is 4.79 Å². The highest BCUT2D eigenvalue weighted by Crippen LogP contribution is 2.27. The molecular weight excluding hydrogens is 322 g/mol. The predicted octanol–water partition coefficient (Wildman–Crippen LogP) is 4.62. The third-order valence-corrected chi connectivity index (χ3v) is 5.46. The van der Waals surface area contributed by atoms with Gasteiger partial charge < -0.3 is 4.90 Å². The van der Waals surface area contributed by atoms with Crippen LogP contribution in [0.5, 0.6) is 0 Å². The van der Waals surface area contributed by atoms with Crippen LogP contribution in [0, 0.1) is 5.92 Å². The number of fused-ring (bicyclic) bond motifs is 2. The Morgan fingerprint density at radius 2 is 2.00 bits per heavy atom. The summed E-state index contributed by atoms with van der Waals surface area (Å²) in [6.07, 6.45) is 15.9. The smallest absolute Gasteiger partial charge is 0.247 e. The van der Waals surface area contributed by atoms with Crippen molar-refractivity contribution in [2.75, 3.05) is 0 Å². The van der Waals surface area contributed by atoms with Gasteiger partial charge in [0.05, 0.1) is 0 Å². The van der Waals surface area contributed by atoms with Crippen LogP contribution in [-0.2, 0) is 11.3 Å². The van der Waals surface area contributed by atoms with E-state index in [4.69, 9.17) is 4.99 Å². The zero-order valence-electron chi connectivity index (χ0n) is 15.1. The minimum atomic E-state index is -0.0477. The standard InChI is InChI=1S/C22H25N3O/c26-21(14-13-17-8-2-1-3-9-17)24-22-19-11-5-4-10-18(19)16-25-15-7-6-12-20(25)23-22/h4-7,10-12,15,17H,1-3,8-9,13-14,16H2. The number of rotatable bonds is 3. The largest absolute Gasteiger partial charge is 0.329 e. The Labute approximate surface area is 155 Å². The monoisotopic (exact) mass is 347 g/mol. The van der Waals surface area contributed by atoms with Gasteiger partial charge in [0.2, 0.25) is 5.91 Å². The fourth-order valence-electron chi connectivity index (χ4n) is 3.99. The molecule has 1 fully saturated rings. The minimum absolute atomic E-state index is 0.0477. The first-order valence-corrected chi connectivity index (χ1v) is 9.69. The molecule has 3 aliphatic rings. The lowest BCUT2D eigenvalue weighted by Gasteiger charge is -2.20. The highest BCUT2D eigenvalue weighted by Gasteiger charge is 2.21. The molecule has 0 aromatic heterocycles. The molecule has 4 nitrogen and oxygen atoms in total. The molecular formula is C22H25N3O. The van der Waals surface area contributed by atoms with Gasteiger partial charge in [-0.2, -0.15) is 4.99 Å². The number of benzene rings is 1. The van der Waals surface area contributed by atoms with Crippen LogP contribution in [-0.4, -0.2) is 22.5 Å². The van der Waals surface area contributed by atoms with Crippen molar-refractivity contribution < 1.29 is 4.79 Å². The number of hydrogen-bond acceptors (Lipinski definition) is 2. The van der Waals surface area contributed by atoms with Gasteiger partial charge in [-0.05, 0) is 30.1 Å². The minimum Gasteiger partial charge on any atom is -0.329 e. The summed E-state index contributed by atoms with van der Waals surface area (Å²) in [6, 6.07) is 8.10. The SMILES string of the molecule is O=C(CCC1CCCCC1)N=C1N=C2C=CC=CN2Cc2ccccc21. The van der Waals surface area contributed by atoms with Gasteiger partial charge in [0, 0.05) is 24.7 Å². The zero-order chi connectivity index (χ0) is 17.8. The molecule has 0 N–H and O–H groups in total. The number of nitrogens with zero attached hydrogens (tertiary/aromatic N) is 3. The van der Waals surface area contributed by atoms with Crippen molar-refractivity contribution in [1.29, 1.82) is 0 Å². The molecule has 4 rings (SSSR count). The number of amidine groups is 2. The molecule has 1 amide bonds. The highest BCUT2D eigenvalue weighted by molar-refractivity contribution is 6.14. The maximum Gasteiger partial charge on any atom is 0.247 e. The molecule has 4 heteroatoms. The van der Waals surface area contributed by atoms with Crippen LogP contribution >= 0.6 is 0 Å². The summed E-state index contributed by atoms with van der Waals surface area (Å²) in [5.74, 6) is 2.03. The number of aliphatic imine (C=N–C) groups is 2. The second-order valence-electron chi connectivity index (χ2n) is 7.33. The molecule has 1 aromatic rings. The van der Waals surface area contributed by atoms with Gasteiger partial charge in [-0.3, -0.25) is 4.79 Å². The van der Waals surface area contributed by atoms with Gasteiger partial charge in [-0.25, -0.2) is 4.99 Å². The Morgan fingerprint density at radius 1 is 1.15 bits per heavy atom. The normalized spacial score (nSPS) is 21.2. The third-order valence-electron chi connectivity index (χ3n) is 5.46. The third kappa shape index (κ3) is 3.85. The van der Waals surface area contributed by atoms with Crippen molar-refractivity contribution in [3.63, 3.8) is 0 Å². The Bertz CT molecular complexity index is 797. The molecule has 1 aliphatic carbocycles. The number of carbonyl (C=O) groups excluding carboxylic acids is 1. The number of hydrogen-bond donors (Lipinski definition) is 0. The van der Waals surface area contributed by atoms with Crippen LogP contribution in [0.25, 0.3) is 0 Å². The van der Waals surface area contributed by atoms with Crippen LogP contribution in [0.4, 0.5) is 0 Å². The van der Waals surface area contributed by atoms with Gasteiger partial charge in [0.1, 0.15) is 5.84 Å². The van der Waals surface area contributed by atoms with E-state index in [-0.39, 0.29) is 5.91 Å². The van der Waals surface area contributed by atoms with E-state index in [1.54, 1.807) is 0 Å². The maximum atomic E-state index is 12.5. The molecule has 0 saturated heterocycles. The average molecular weight is 347 g/mol. The second-order valence-corrected chi connectivity index (χ2v) is 7.33. The first-order valence-electron chi connectivity index (χ1n) is 9.69. The first-order chi connectivity index (χ1) is 12.8. The van der Waals surface area contributed by atoms with Crippen molar-refractivity contribution in [3.05, 3.63) is 59.8 Å². The quantitative estimate of drug-likeness (QED) is 0.801. The fourth-order valence-corrected chi connectivity index (χ4v) is 3.99. The molecule has 2 aliphatic heterocycles. The molecule has 26 heavy (non-hydrogen) atoms. The molecule has 134 valence electrons. The lowest BCUT2D eigenvalue weighted by molar-refractivity contribution is -0.118. The van der Waals surface area contributed by atoms with Gasteiger partial charge in [0.15, 0.2) is 5.84 Å². The van der Waals surface area contributed by atoms with Crippen LogP contribution < -0.4 is 0 Å². The Morgan fingerprint density at radius 3 is 2.88 bits per heavy atom. The van der Waals surface area contributed by atoms with Crippen LogP contribution in [0.1, 0.15) is 56.1 Å². The highest BCUT2D eigenvalue weighted by atomic mass is 16.1. The Hall–Kier alpha value is -2.49. The molecule has 0 bridgehead atoms. The first kappa shape index (κ1) is 17.0. The summed E-state index contributed by atoms with van der Waals surface area (Å²) in [5.41, 5.74) is 2.10. The molecule has 2 heterocycles. The van der Waals surface area contributed by atoms with E-state index in [1.807, 2.05) is 42.6 Å². The number of allylic oxidation sites excluding steroid dienone is 2.